The molecule has 0 amide bonds. The molecule has 0 bridgehead atoms. The van der Waals surface area contributed by atoms with Gasteiger partial charge in [0.05, 0.1) is 6.61 Å². The maximum Gasteiger partial charge on any atom is 0.394 e. The minimum Gasteiger partial charge on any atom is -0.399 e. The number of hydrogen-bond donors (Lipinski definition) is 5. The molecule has 2 rings (SSSR count). The Labute approximate surface area is 150 Å². The molecule has 0 aromatic heterocycles. The summed E-state index contributed by atoms with van der Waals surface area (Å²) in [6.07, 6.45) is 1.64. The Hall–Kier alpha value is -1.39. The maximum atomic E-state index is 9.69. The summed E-state index contributed by atoms with van der Waals surface area (Å²) in [6.45, 7) is 7.56. The molecule has 6 N–H and O–H groups in total. The van der Waals surface area contributed by atoms with Crippen molar-refractivity contribution in [2.45, 2.75) is 45.1 Å². The fourth-order valence-corrected chi connectivity index (χ4v) is 3.25. The summed E-state index contributed by atoms with van der Waals surface area (Å²) >= 11 is 0. The second kappa shape index (κ2) is 8.33. The van der Waals surface area contributed by atoms with Crippen LogP contribution < -0.4 is 10.6 Å². The van der Waals surface area contributed by atoms with Gasteiger partial charge in [-0.3, -0.25) is 9.11 Å². The van der Waals surface area contributed by atoms with E-state index in [-0.39, 0.29) is 26.1 Å². The standard InChI is InChI=1S/C16H26N2O2.H2O4S.H2/c1-11-7-15-13(8-14(11)17)12(10-20)9-16(2,3)18(15)5-4-6-19;1-5(2,3)4;/h7-8,12,19-20H,4-6,9-10,17H2,1-3H3;(H2,1,2,3,4);1H. The molecule has 0 aliphatic carbocycles. The second-order valence-corrected chi connectivity index (χ2v) is 7.74. The van der Waals surface area contributed by atoms with Crippen LogP contribution in [-0.4, -0.2) is 53.0 Å². The first-order valence-corrected chi connectivity index (χ1v) is 9.39. The van der Waals surface area contributed by atoms with Crippen molar-refractivity contribution in [1.82, 2.24) is 0 Å². The summed E-state index contributed by atoms with van der Waals surface area (Å²) in [5, 5.41) is 18.8. The average molecular weight is 378 g/mol. The highest BCUT2D eigenvalue weighted by Crippen LogP contribution is 2.44. The Balaban J connectivity index is 0.000000923. The Bertz CT molecular complexity index is 688. The van der Waals surface area contributed by atoms with E-state index in [1.54, 1.807) is 0 Å². The van der Waals surface area contributed by atoms with E-state index in [0.29, 0.717) is 0 Å². The molecule has 1 atom stereocenters. The fourth-order valence-electron chi connectivity index (χ4n) is 3.25. The zero-order chi connectivity index (χ0) is 19.4. The van der Waals surface area contributed by atoms with Crippen molar-refractivity contribution < 1.29 is 29.2 Å². The van der Waals surface area contributed by atoms with E-state index in [4.69, 9.17) is 28.4 Å². The molecule has 0 radical (unpaired) electrons. The van der Waals surface area contributed by atoms with Crippen LogP contribution in [0.1, 0.15) is 45.2 Å². The molecule has 1 aliphatic heterocycles. The molecule has 1 aromatic carbocycles. The molecule has 1 unspecified atom stereocenters. The molecule has 1 heterocycles. The van der Waals surface area contributed by atoms with E-state index < -0.39 is 10.4 Å². The van der Waals surface area contributed by atoms with Gasteiger partial charge >= 0.3 is 10.4 Å². The van der Waals surface area contributed by atoms with Gasteiger partial charge in [0.1, 0.15) is 0 Å². The normalized spacial score (nSPS) is 19.0. The summed E-state index contributed by atoms with van der Waals surface area (Å²) < 4.78 is 31.6. The van der Waals surface area contributed by atoms with Crippen LogP contribution >= 0.6 is 0 Å². The number of anilines is 2. The van der Waals surface area contributed by atoms with Crippen LogP contribution in [-0.2, 0) is 10.4 Å². The summed E-state index contributed by atoms with van der Waals surface area (Å²) in [5.41, 5.74) is 10.1. The molecular weight excluding hydrogens is 348 g/mol. The van der Waals surface area contributed by atoms with Gasteiger partial charge in [0.25, 0.3) is 0 Å². The zero-order valence-electron chi connectivity index (χ0n) is 14.8. The maximum absolute atomic E-state index is 9.69. The van der Waals surface area contributed by atoms with E-state index in [1.807, 2.05) is 13.0 Å². The molecule has 9 heteroatoms. The lowest BCUT2D eigenvalue weighted by atomic mass is 9.78. The molecule has 0 saturated heterocycles. The Morgan fingerprint density at radius 2 is 1.88 bits per heavy atom. The summed E-state index contributed by atoms with van der Waals surface area (Å²) in [6, 6.07) is 4.12. The quantitative estimate of drug-likeness (QED) is 0.393. The minimum atomic E-state index is -4.67. The lowest BCUT2D eigenvalue weighted by Crippen LogP contribution is -2.49. The molecule has 1 aliphatic rings. The van der Waals surface area contributed by atoms with Crippen LogP contribution in [0.15, 0.2) is 12.1 Å². The first-order valence-electron chi connectivity index (χ1n) is 8.00. The van der Waals surface area contributed by atoms with Crippen LogP contribution in [0.4, 0.5) is 11.4 Å². The Morgan fingerprint density at radius 3 is 2.36 bits per heavy atom. The van der Waals surface area contributed by atoms with E-state index >= 15 is 0 Å². The predicted octanol–water partition coefficient (Wildman–Crippen LogP) is 1.62. The number of rotatable bonds is 4. The molecule has 8 nitrogen and oxygen atoms in total. The third-order valence-corrected chi connectivity index (χ3v) is 4.38. The number of hydrogen-bond acceptors (Lipinski definition) is 6. The SMILES string of the molecule is Cc1cc2c(cc1N)C(CO)CC(C)(C)N2CCCO.O=S(=O)(O)O.[HH]. The molecular formula is C16H30N2O6S. The lowest BCUT2D eigenvalue weighted by molar-refractivity contribution is 0.226. The fraction of sp³-hybridized carbons (Fsp3) is 0.625. The van der Waals surface area contributed by atoms with E-state index in [2.05, 4.69) is 24.8 Å². The highest BCUT2D eigenvalue weighted by molar-refractivity contribution is 7.79. The molecule has 25 heavy (non-hydrogen) atoms. The minimum absolute atomic E-state index is 0. The zero-order valence-corrected chi connectivity index (χ0v) is 15.6. The monoisotopic (exact) mass is 378 g/mol. The highest BCUT2D eigenvalue weighted by Gasteiger charge is 2.37. The Kier molecular flexibility index (Phi) is 7.21. The van der Waals surface area contributed by atoms with Crippen molar-refractivity contribution in [1.29, 1.82) is 0 Å². The van der Waals surface area contributed by atoms with Crippen LogP contribution in [0, 0.1) is 6.92 Å². The van der Waals surface area contributed by atoms with Crippen LogP contribution in [0.3, 0.4) is 0 Å². The summed E-state index contributed by atoms with van der Waals surface area (Å²) in [7, 11) is -4.67. The number of nitrogens with zero attached hydrogens (tertiary/aromatic N) is 1. The van der Waals surface area contributed by atoms with Crippen molar-refractivity contribution in [3.63, 3.8) is 0 Å². The predicted molar refractivity (Wildman–Crippen MR) is 99.5 cm³/mol. The number of benzene rings is 1. The summed E-state index contributed by atoms with van der Waals surface area (Å²) in [4.78, 5) is 2.34. The van der Waals surface area contributed by atoms with E-state index in [0.717, 1.165) is 41.9 Å². The van der Waals surface area contributed by atoms with Gasteiger partial charge in [0.15, 0.2) is 0 Å². The number of aryl methyl sites for hydroxylation is 1. The number of nitrogen functional groups attached to an aromatic ring is 1. The van der Waals surface area contributed by atoms with E-state index in [9.17, 15) is 5.11 Å². The van der Waals surface area contributed by atoms with Gasteiger partial charge in [-0.2, -0.15) is 8.42 Å². The van der Waals surface area contributed by atoms with Crippen LogP contribution in [0.2, 0.25) is 0 Å². The molecule has 146 valence electrons. The number of aliphatic hydroxyl groups excluding tert-OH is 2. The van der Waals surface area contributed by atoms with Gasteiger partial charge in [-0.25, -0.2) is 0 Å². The van der Waals surface area contributed by atoms with Gasteiger partial charge in [-0.1, -0.05) is 0 Å². The van der Waals surface area contributed by atoms with Crippen molar-refractivity contribution in [2.24, 2.45) is 0 Å². The van der Waals surface area contributed by atoms with Crippen molar-refractivity contribution in [3.8, 4) is 0 Å². The average Bonchev–Trinajstić information content (AvgIpc) is 2.46. The van der Waals surface area contributed by atoms with Crippen LogP contribution in [0.5, 0.6) is 0 Å². The number of fused-ring (bicyclic) bond motifs is 1. The third kappa shape index (κ3) is 6.12. The van der Waals surface area contributed by atoms with Gasteiger partial charge < -0.3 is 20.8 Å². The van der Waals surface area contributed by atoms with Crippen molar-refractivity contribution in [2.75, 3.05) is 30.4 Å². The van der Waals surface area contributed by atoms with Crippen LogP contribution in [0.25, 0.3) is 0 Å². The number of aliphatic hydroxyl groups is 2. The van der Waals surface area contributed by atoms with Crippen molar-refractivity contribution in [3.05, 3.63) is 23.3 Å². The number of nitrogens with two attached hydrogens (primary N) is 1. The first kappa shape index (κ1) is 21.7. The summed E-state index contributed by atoms with van der Waals surface area (Å²) in [5.74, 6) is 0.133. The molecule has 0 spiro atoms. The van der Waals surface area contributed by atoms with Gasteiger partial charge in [0.2, 0.25) is 0 Å². The largest absolute Gasteiger partial charge is 0.399 e. The highest BCUT2D eigenvalue weighted by atomic mass is 32.3. The van der Waals surface area contributed by atoms with Crippen molar-refractivity contribution >= 4 is 21.8 Å². The van der Waals surface area contributed by atoms with Gasteiger partial charge in [-0.05, 0) is 56.9 Å². The smallest absolute Gasteiger partial charge is 0.394 e. The molecule has 0 saturated carbocycles. The van der Waals surface area contributed by atoms with Gasteiger partial charge in [-0.15, -0.1) is 0 Å². The Morgan fingerprint density at radius 1 is 1.32 bits per heavy atom. The first-order chi connectivity index (χ1) is 11.4. The van der Waals surface area contributed by atoms with Gasteiger partial charge in [0, 0.05) is 37.4 Å². The molecule has 0 fully saturated rings. The second-order valence-electron chi connectivity index (χ2n) is 6.84. The lowest BCUT2D eigenvalue weighted by Gasteiger charge is -2.48. The van der Waals surface area contributed by atoms with E-state index in [1.165, 1.54) is 0 Å². The molecule has 1 aromatic rings. The third-order valence-electron chi connectivity index (χ3n) is 4.38. The topological polar surface area (TPSA) is 144 Å².